The second kappa shape index (κ2) is 4.83. The molecule has 1 unspecified atom stereocenters. The van der Waals surface area contributed by atoms with Gasteiger partial charge in [0.05, 0.1) is 13.3 Å². The molecule has 7 heteroatoms. The number of nitrogens with zero attached hydrogens (tertiary/aromatic N) is 3. The van der Waals surface area contributed by atoms with Crippen molar-refractivity contribution in [2.75, 3.05) is 24.4 Å². The zero-order valence-electron chi connectivity index (χ0n) is 9.19. The van der Waals surface area contributed by atoms with E-state index in [2.05, 4.69) is 9.97 Å². The van der Waals surface area contributed by atoms with Gasteiger partial charge >= 0.3 is 6.01 Å². The zero-order valence-corrected chi connectivity index (χ0v) is 9.95. The molecule has 0 spiro atoms. The third-order valence-electron chi connectivity index (χ3n) is 2.57. The number of methoxy groups -OCH3 is 1. The van der Waals surface area contributed by atoms with Crippen molar-refractivity contribution in [3.05, 3.63) is 12.0 Å². The van der Waals surface area contributed by atoms with Gasteiger partial charge in [-0.2, -0.15) is 4.98 Å². The van der Waals surface area contributed by atoms with Gasteiger partial charge in [0, 0.05) is 18.8 Å². The van der Waals surface area contributed by atoms with Crippen molar-refractivity contribution >= 4 is 23.3 Å². The fourth-order valence-corrected chi connectivity index (χ4v) is 1.93. The molecule has 2 rings (SSSR count). The van der Waals surface area contributed by atoms with E-state index < -0.39 is 5.82 Å². The van der Waals surface area contributed by atoms with Crippen molar-refractivity contribution in [1.29, 1.82) is 0 Å². The van der Waals surface area contributed by atoms with Crippen LogP contribution < -0.4 is 9.64 Å². The number of carbonyl (C=O) groups is 1. The molecule has 92 valence electrons. The molecule has 0 saturated carbocycles. The van der Waals surface area contributed by atoms with Crippen LogP contribution in [0.2, 0.25) is 0 Å². The summed E-state index contributed by atoms with van der Waals surface area (Å²) in [5.41, 5.74) is 0. The Hall–Kier alpha value is -1.43. The summed E-state index contributed by atoms with van der Waals surface area (Å²) < 4.78 is 18.4. The van der Waals surface area contributed by atoms with Crippen LogP contribution in [0.4, 0.5) is 10.2 Å². The quantitative estimate of drug-likeness (QED) is 0.766. The Labute approximate surface area is 103 Å². The number of rotatable bonds is 3. The zero-order chi connectivity index (χ0) is 12.4. The number of alkyl halides is 1. The molecule has 0 aromatic carbocycles. The van der Waals surface area contributed by atoms with Crippen LogP contribution in [-0.4, -0.2) is 35.4 Å². The van der Waals surface area contributed by atoms with Gasteiger partial charge in [-0.3, -0.25) is 9.69 Å². The summed E-state index contributed by atoms with van der Waals surface area (Å²) in [6.45, 7) is 0.374. The summed E-state index contributed by atoms with van der Waals surface area (Å²) in [6.07, 6.45) is 1.30. The lowest BCUT2D eigenvalue weighted by Gasteiger charge is -2.15. The van der Waals surface area contributed by atoms with E-state index >= 15 is 0 Å². The van der Waals surface area contributed by atoms with E-state index in [0.29, 0.717) is 18.8 Å². The summed E-state index contributed by atoms with van der Waals surface area (Å²) in [5, 5.41) is 0. The number of aromatic nitrogens is 2. The maximum atomic E-state index is 13.6. The second-order valence-corrected chi connectivity index (χ2v) is 4.07. The van der Waals surface area contributed by atoms with Crippen molar-refractivity contribution in [3.63, 3.8) is 0 Å². The molecule has 0 radical (unpaired) electrons. The molecule has 1 amide bonds. The molecule has 0 N–H and O–H groups in total. The first-order valence-electron chi connectivity index (χ1n) is 5.08. The molecule has 1 aromatic rings. The van der Waals surface area contributed by atoms with Crippen LogP contribution in [0.25, 0.3) is 0 Å². The van der Waals surface area contributed by atoms with Crippen molar-refractivity contribution < 1.29 is 13.9 Å². The fraction of sp³-hybridized carbons (Fsp3) is 0.500. The van der Waals surface area contributed by atoms with Crippen molar-refractivity contribution in [3.8, 4) is 6.01 Å². The van der Waals surface area contributed by atoms with Crippen molar-refractivity contribution in [1.82, 2.24) is 9.97 Å². The summed E-state index contributed by atoms with van der Waals surface area (Å²) >= 11 is 5.69. The topological polar surface area (TPSA) is 55.3 Å². The number of halogens is 2. The average molecular weight is 260 g/mol. The van der Waals surface area contributed by atoms with E-state index in [0.717, 1.165) is 6.20 Å². The predicted molar refractivity (Wildman–Crippen MR) is 59.7 cm³/mol. The average Bonchev–Trinajstić information content (AvgIpc) is 2.71. The Morgan fingerprint density at radius 1 is 1.71 bits per heavy atom. The molecule has 1 aliphatic rings. The predicted octanol–water partition coefficient (Wildman–Crippen LogP) is 1.22. The molecule has 1 saturated heterocycles. The fourth-order valence-electron chi connectivity index (χ4n) is 1.72. The number of anilines is 1. The van der Waals surface area contributed by atoms with E-state index in [-0.39, 0.29) is 23.7 Å². The maximum Gasteiger partial charge on any atom is 0.318 e. The number of hydrogen-bond acceptors (Lipinski definition) is 4. The highest BCUT2D eigenvalue weighted by Gasteiger charge is 2.32. The van der Waals surface area contributed by atoms with Crippen LogP contribution in [-0.2, 0) is 4.79 Å². The van der Waals surface area contributed by atoms with E-state index in [1.165, 1.54) is 12.0 Å². The SMILES string of the molecule is COc1ncc(F)c(N2CC(CCl)CC2=O)n1. The van der Waals surface area contributed by atoms with Crippen LogP contribution in [0.1, 0.15) is 6.42 Å². The van der Waals surface area contributed by atoms with Gasteiger partial charge < -0.3 is 4.74 Å². The summed E-state index contributed by atoms with van der Waals surface area (Å²) in [5.74, 6) is -0.477. The smallest absolute Gasteiger partial charge is 0.318 e. The van der Waals surface area contributed by atoms with Crippen LogP contribution in [0, 0.1) is 11.7 Å². The molecule has 2 heterocycles. The molecule has 0 bridgehead atoms. The lowest BCUT2D eigenvalue weighted by molar-refractivity contribution is -0.117. The van der Waals surface area contributed by atoms with Gasteiger partial charge in [0.15, 0.2) is 11.6 Å². The Morgan fingerprint density at radius 3 is 3.06 bits per heavy atom. The van der Waals surface area contributed by atoms with E-state index in [1.54, 1.807) is 0 Å². The molecule has 1 aromatic heterocycles. The molecule has 1 aliphatic heterocycles. The van der Waals surface area contributed by atoms with Gasteiger partial charge in [0.25, 0.3) is 0 Å². The van der Waals surface area contributed by atoms with Gasteiger partial charge in [-0.15, -0.1) is 11.6 Å². The number of amides is 1. The summed E-state index contributed by atoms with van der Waals surface area (Å²) in [7, 11) is 1.38. The van der Waals surface area contributed by atoms with Crippen LogP contribution in [0.15, 0.2) is 6.20 Å². The van der Waals surface area contributed by atoms with Crippen LogP contribution in [0.5, 0.6) is 6.01 Å². The molecule has 0 aliphatic carbocycles. The minimum atomic E-state index is -0.644. The minimum absolute atomic E-state index is 0.0310. The molecule has 17 heavy (non-hydrogen) atoms. The van der Waals surface area contributed by atoms with E-state index in [1.807, 2.05) is 0 Å². The molecule has 5 nitrogen and oxygen atoms in total. The first kappa shape index (κ1) is 12.0. The standard InChI is InChI=1S/C10H11ClFN3O2/c1-17-10-13-4-7(12)9(14-10)15-5-6(3-11)2-8(15)16/h4,6H,2-3,5H2,1H3. The lowest BCUT2D eigenvalue weighted by atomic mass is 10.1. The van der Waals surface area contributed by atoms with Crippen molar-refractivity contribution in [2.24, 2.45) is 5.92 Å². The number of carbonyl (C=O) groups excluding carboxylic acids is 1. The molecule has 1 atom stereocenters. The Morgan fingerprint density at radius 2 is 2.47 bits per heavy atom. The first-order valence-corrected chi connectivity index (χ1v) is 5.62. The largest absolute Gasteiger partial charge is 0.467 e. The normalized spacial score (nSPS) is 19.8. The van der Waals surface area contributed by atoms with Gasteiger partial charge in [0.1, 0.15) is 0 Å². The van der Waals surface area contributed by atoms with E-state index in [9.17, 15) is 9.18 Å². The third-order valence-corrected chi connectivity index (χ3v) is 3.00. The minimum Gasteiger partial charge on any atom is -0.467 e. The number of hydrogen-bond donors (Lipinski definition) is 0. The Balaban J connectivity index is 2.30. The van der Waals surface area contributed by atoms with Gasteiger partial charge in [-0.05, 0) is 5.92 Å². The second-order valence-electron chi connectivity index (χ2n) is 3.76. The third kappa shape index (κ3) is 2.31. The van der Waals surface area contributed by atoms with Gasteiger partial charge in [-0.1, -0.05) is 0 Å². The molecule has 1 fully saturated rings. The molecular formula is C10H11ClFN3O2. The monoisotopic (exact) mass is 259 g/mol. The van der Waals surface area contributed by atoms with Crippen molar-refractivity contribution in [2.45, 2.75) is 6.42 Å². The van der Waals surface area contributed by atoms with E-state index in [4.69, 9.17) is 16.3 Å². The van der Waals surface area contributed by atoms with Crippen LogP contribution >= 0.6 is 11.6 Å². The highest BCUT2D eigenvalue weighted by molar-refractivity contribution is 6.18. The van der Waals surface area contributed by atoms with Gasteiger partial charge in [0.2, 0.25) is 5.91 Å². The van der Waals surface area contributed by atoms with Gasteiger partial charge in [-0.25, -0.2) is 9.37 Å². The highest BCUT2D eigenvalue weighted by atomic mass is 35.5. The van der Waals surface area contributed by atoms with Crippen LogP contribution in [0.3, 0.4) is 0 Å². The maximum absolute atomic E-state index is 13.6. The summed E-state index contributed by atoms with van der Waals surface area (Å²) in [6, 6.07) is 0.0310. The highest BCUT2D eigenvalue weighted by Crippen LogP contribution is 2.26. The lowest BCUT2D eigenvalue weighted by Crippen LogP contribution is -2.27. The summed E-state index contributed by atoms with van der Waals surface area (Å²) in [4.78, 5) is 20.4. The molecular weight excluding hydrogens is 249 g/mol. The Bertz CT molecular complexity index is 444. The Kier molecular flexibility index (Phi) is 3.42. The number of ether oxygens (including phenoxy) is 1. The first-order chi connectivity index (χ1) is 8.15.